The van der Waals surface area contributed by atoms with Gasteiger partial charge in [-0.05, 0) is 29.5 Å². The second-order valence-corrected chi connectivity index (χ2v) is 4.34. The molecule has 92 valence electrons. The largest absolute Gasteiger partial charge is 0.388 e. The Morgan fingerprint density at radius 2 is 2.12 bits per heavy atom. The van der Waals surface area contributed by atoms with Gasteiger partial charge >= 0.3 is 0 Å². The number of hydrogen-bond acceptors (Lipinski definition) is 1. The highest BCUT2D eigenvalue weighted by molar-refractivity contribution is 5.67. The van der Waals surface area contributed by atoms with Gasteiger partial charge in [0.2, 0.25) is 0 Å². The first-order chi connectivity index (χ1) is 8.20. The van der Waals surface area contributed by atoms with E-state index < -0.39 is 0 Å². The summed E-state index contributed by atoms with van der Waals surface area (Å²) in [5.41, 5.74) is 3.08. The summed E-state index contributed by atoms with van der Waals surface area (Å²) in [5.74, 6) is 0. The number of unbranched alkanes of at least 4 members (excludes halogenated alkanes) is 1. The summed E-state index contributed by atoms with van der Waals surface area (Å²) in [6.45, 7) is 9.92. The molecule has 0 aliphatic heterocycles. The van der Waals surface area contributed by atoms with E-state index in [1.54, 1.807) is 0 Å². The molecule has 1 aromatic carbocycles. The third-order valence-corrected chi connectivity index (χ3v) is 2.92. The molecule has 0 amide bonds. The molecule has 0 fully saturated rings. The lowest BCUT2D eigenvalue weighted by Crippen LogP contribution is -2.01. The lowest BCUT2D eigenvalue weighted by atomic mass is 9.93. The molecular formula is C16H22O. The number of hydrogen-bond donors (Lipinski definition) is 1. The SMILES string of the molecule is C=CCC(=C)c1ccccc1C(O)CCCC. The van der Waals surface area contributed by atoms with E-state index in [0.717, 1.165) is 42.4 Å². The fourth-order valence-electron chi connectivity index (χ4n) is 1.95. The van der Waals surface area contributed by atoms with E-state index in [4.69, 9.17) is 0 Å². The zero-order valence-electron chi connectivity index (χ0n) is 10.7. The van der Waals surface area contributed by atoms with E-state index in [-0.39, 0.29) is 6.10 Å². The van der Waals surface area contributed by atoms with Crippen molar-refractivity contribution in [3.05, 3.63) is 54.6 Å². The smallest absolute Gasteiger partial charge is 0.0795 e. The highest BCUT2D eigenvalue weighted by Crippen LogP contribution is 2.28. The third kappa shape index (κ3) is 3.86. The third-order valence-electron chi connectivity index (χ3n) is 2.92. The van der Waals surface area contributed by atoms with E-state index >= 15 is 0 Å². The zero-order valence-corrected chi connectivity index (χ0v) is 10.7. The van der Waals surface area contributed by atoms with Gasteiger partial charge in [-0.2, -0.15) is 0 Å². The molecule has 1 atom stereocenters. The van der Waals surface area contributed by atoms with Crippen LogP contribution in [0, 0.1) is 0 Å². The normalized spacial score (nSPS) is 12.1. The Labute approximate surface area is 104 Å². The first-order valence-corrected chi connectivity index (χ1v) is 6.26. The molecule has 0 radical (unpaired) electrons. The molecular weight excluding hydrogens is 208 g/mol. The fraction of sp³-hybridized carbons (Fsp3) is 0.375. The van der Waals surface area contributed by atoms with Gasteiger partial charge in [-0.15, -0.1) is 6.58 Å². The maximum absolute atomic E-state index is 10.2. The minimum atomic E-state index is -0.382. The number of aliphatic hydroxyl groups is 1. The van der Waals surface area contributed by atoms with Crippen LogP contribution in [0.25, 0.3) is 5.57 Å². The fourth-order valence-corrected chi connectivity index (χ4v) is 1.95. The van der Waals surface area contributed by atoms with Gasteiger partial charge in [0.25, 0.3) is 0 Å². The number of rotatable bonds is 7. The quantitative estimate of drug-likeness (QED) is 0.684. The van der Waals surface area contributed by atoms with Gasteiger partial charge in [-0.3, -0.25) is 0 Å². The average Bonchev–Trinajstić information content (AvgIpc) is 2.36. The van der Waals surface area contributed by atoms with Crippen LogP contribution in [0.15, 0.2) is 43.5 Å². The minimum Gasteiger partial charge on any atom is -0.388 e. The van der Waals surface area contributed by atoms with Crippen LogP contribution < -0.4 is 0 Å². The molecule has 1 rings (SSSR count). The van der Waals surface area contributed by atoms with Crippen molar-refractivity contribution < 1.29 is 5.11 Å². The Bertz CT molecular complexity index is 379. The van der Waals surface area contributed by atoms with Crippen molar-refractivity contribution in [2.45, 2.75) is 38.7 Å². The second-order valence-electron chi connectivity index (χ2n) is 4.34. The standard InChI is InChI=1S/C16H22O/c1-4-6-12-16(17)15-11-8-7-10-14(15)13(3)9-5-2/h5,7-8,10-11,16-17H,2-4,6,9,12H2,1H3. The van der Waals surface area contributed by atoms with Crippen LogP contribution in [0.1, 0.15) is 49.8 Å². The summed E-state index contributed by atoms with van der Waals surface area (Å²) >= 11 is 0. The lowest BCUT2D eigenvalue weighted by Gasteiger charge is -2.16. The van der Waals surface area contributed by atoms with Crippen LogP contribution >= 0.6 is 0 Å². The molecule has 1 unspecified atom stereocenters. The number of aliphatic hydroxyl groups excluding tert-OH is 1. The van der Waals surface area contributed by atoms with Crippen molar-refractivity contribution in [2.24, 2.45) is 0 Å². The van der Waals surface area contributed by atoms with Gasteiger partial charge in [-0.25, -0.2) is 0 Å². The van der Waals surface area contributed by atoms with Crippen LogP contribution in [0.2, 0.25) is 0 Å². The molecule has 1 nitrogen and oxygen atoms in total. The van der Waals surface area contributed by atoms with Crippen molar-refractivity contribution >= 4 is 5.57 Å². The Morgan fingerprint density at radius 3 is 2.76 bits per heavy atom. The maximum Gasteiger partial charge on any atom is 0.0795 e. The van der Waals surface area contributed by atoms with Crippen molar-refractivity contribution in [3.63, 3.8) is 0 Å². The van der Waals surface area contributed by atoms with E-state index in [9.17, 15) is 5.11 Å². The van der Waals surface area contributed by atoms with Crippen LogP contribution in [0.5, 0.6) is 0 Å². The Hall–Kier alpha value is -1.34. The van der Waals surface area contributed by atoms with Gasteiger partial charge in [0.1, 0.15) is 0 Å². The van der Waals surface area contributed by atoms with Crippen molar-refractivity contribution in [3.8, 4) is 0 Å². The summed E-state index contributed by atoms with van der Waals surface area (Å²) in [4.78, 5) is 0. The predicted octanol–water partition coefficient (Wildman–Crippen LogP) is 4.50. The van der Waals surface area contributed by atoms with E-state index in [2.05, 4.69) is 20.1 Å². The van der Waals surface area contributed by atoms with Crippen LogP contribution in [0.4, 0.5) is 0 Å². The molecule has 0 spiro atoms. The van der Waals surface area contributed by atoms with Gasteiger partial charge in [0, 0.05) is 0 Å². The minimum absolute atomic E-state index is 0.382. The molecule has 0 aromatic heterocycles. The number of allylic oxidation sites excluding steroid dienone is 2. The second kappa shape index (κ2) is 7.08. The highest BCUT2D eigenvalue weighted by atomic mass is 16.3. The summed E-state index contributed by atoms with van der Waals surface area (Å²) < 4.78 is 0. The van der Waals surface area contributed by atoms with Gasteiger partial charge in [0.15, 0.2) is 0 Å². The highest BCUT2D eigenvalue weighted by Gasteiger charge is 2.12. The summed E-state index contributed by atoms with van der Waals surface area (Å²) in [6, 6.07) is 7.97. The monoisotopic (exact) mass is 230 g/mol. The average molecular weight is 230 g/mol. The topological polar surface area (TPSA) is 20.2 Å². The Morgan fingerprint density at radius 1 is 1.41 bits per heavy atom. The van der Waals surface area contributed by atoms with E-state index in [0.29, 0.717) is 0 Å². The Balaban J connectivity index is 2.90. The molecule has 0 aliphatic carbocycles. The molecule has 1 aromatic rings. The summed E-state index contributed by atoms with van der Waals surface area (Å²) in [6.07, 6.45) is 5.19. The maximum atomic E-state index is 10.2. The molecule has 1 N–H and O–H groups in total. The van der Waals surface area contributed by atoms with Gasteiger partial charge < -0.3 is 5.11 Å². The van der Waals surface area contributed by atoms with Gasteiger partial charge in [-0.1, -0.05) is 56.7 Å². The first-order valence-electron chi connectivity index (χ1n) is 6.26. The molecule has 0 aliphatic rings. The van der Waals surface area contributed by atoms with Crippen molar-refractivity contribution in [1.82, 2.24) is 0 Å². The van der Waals surface area contributed by atoms with E-state index in [1.165, 1.54) is 0 Å². The Kier molecular flexibility index (Phi) is 5.71. The molecule has 0 heterocycles. The van der Waals surface area contributed by atoms with E-state index in [1.807, 2.05) is 30.3 Å². The molecule has 17 heavy (non-hydrogen) atoms. The van der Waals surface area contributed by atoms with Crippen LogP contribution in [-0.4, -0.2) is 5.11 Å². The summed E-state index contributed by atoms with van der Waals surface area (Å²) in [5, 5.41) is 10.2. The van der Waals surface area contributed by atoms with Crippen LogP contribution in [-0.2, 0) is 0 Å². The van der Waals surface area contributed by atoms with Crippen molar-refractivity contribution in [1.29, 1.82) is 0 Å². The summed E-state index contributed by atoms with van der Waals surface area (Å²) in [7, 11) is 0. The molecule has 1 heteroatoms. The number of benzene rings is 1. The van der Waals surface area contributed by atoms with Crippen molar-refractivity contribution in [2.75, 3.05) is 0 Å². The predicted molar refractivity (Wildman–Crippen MR) is 74.8 cm³/mol. The molecule has 0 bridgehead atoms. The zero-order chi connectivity index (χ0) is 12.7. The molecule has 0 saturated carbocycles. The van der Waals surface area contributed by atoms with Crippen LogP contribution in [0.3, 0.4) is 0 Å². The molecule has 0 saturated heterocycles. The first kappa shape index (κ1) is 13.7. The lowest BCUT2D eigenvalue weighted by molar-refractivity contribution is 0.164. The van der Waals surface area contributed by atoms with Gasteiger partial charge in [0.05, 0.1) is 6.10 Å².